The van der Waals surface area contributed by atoms with Gasteiger partial charge < -0.3 is 19.7 Å². The van der Waals surface area contributed by atoms with Crippen molar-refractivity contribution in [2.45, 2.75) is 52.0 Å². The van der Waals surface area contributed by atoms with Crippen LogP contribution in [0.1, 0.15) is 56.3 Å². The molecule has 1 atom stereocenters. The second kappa shape index (κ2) is 11.3. The predicted octanol–water partition coefficient (Wildman–Crippen LogP) is 2.54. The summed E-state index contributed by atoms with van der Waals surface area (Å²) in [5.41, 5.74) is 0.461. The van der Waals surface area contributed by atoms with E-state index in [9.17, 15) is 14.4 Å². The zero-order valence-electron chi connectivity index (χ0n) is 16.7. The van der Waals surface area contributed by atoms with Crippen LogP contribution in [0.25, 0.3) is 0 Å². The van der Waals surface area contributed by atoms with Gasteiger partial charge in [-0.05, 0) is 37.1 Å². The highest BCUT2D eigenvalue weighted by atomic mass is 16.5. The van der Waals surface area contributed by atoms with E-state index < -0.39 is 12.0 Å². The van der Waals surface area contributed by atoms with Gasteiger partial charge in [-0.15, -0.1) is 0 Å². The molecule has 1 saturated heterocycles. The molecule has 0 spiro atoms. The third kappa shape index (κ3) is 6.25. The maximum atomic E-state index is 12.9. The number of carbonyl (C=O) groups excluding carboxylic acids is 3. The number of rotatable bonds is 10. The predicted molar refractivity (Wildman–Crippen MR) is 105 cm³/mol. The number of esters is 1. The Morgan fingerprint density at radius 3 is 2.54 bits per heavy atom. The van der Waals surface area contributed by atoms with Gasteiger partial charge in [0.2, 0.25) is 5.91 Å². The zero-order valence-corrected chi connectivity index (χ0v) is 16.7. The molecule has 1 aromatic rings. The molecule has 0 aliphatic carbocycles. The maximum absolute atomic E-state index is 12.9. The van der Waals surface area contributed by atoms with Crippen LogP contribution in [0.4, 0.5) is 0 Å². The fourth-order valence-electron chi connectivity index (χ4n) is 3.00. The van der Waals surface area contributed by atoms with Crippen molar-refractivity contribution in [2.75, 3.05) is 26.3 Å². The molecule has 1 heterocycles. The number of nitrogens with one attached hydrogen (secondary N) is 1. The molecule has 2 rings (SSSR count). The highest BCUT2D eigenvalue weighted by molar-refractivity contribution is 5.99. The number of unbranched alkanes of at least 4 members (excludes halogenated alkanes) is 2. The molecule has 7 heteroatoms. The summed E-state index contributed by atoms with van der Waals surface area (Å²) in [5.74, 6) is -0.370. The lowest BCUT2D eigenvalue weighted by Crippen LogP contribution is -2.57. The van der Waals surface area contributed by atoms with Crippen LogP contribution in [-0.4, -0.2) is 55.0 Å². The molecule has 2 amide bonds. The van der Waals surface area contributed by atoms with E-state index >= 15 is 0 Å². The lowest BCUT2D eigenvalue weighted by molar-refractivity contribution is -0.147. The number of hydrogen-bond donors (Lipinski definition) is 1. The molecule has 0 saturated carbocycles. The number of nitrogens with zero attached hydrogens (tertiary/aromatic N) is 1. The molecule has 1 N–H and O–H groups in total. The quantitative estimate of drug-likeness (QED) is 0.490. The van der Waals surface area contributed by atoms with Gasteiger partial charge in [-0.1, -0.05) is 26.7 Å². The van der Waals surface area contributed by atoms with Crippen LogP contribution in [0.2, 0.25) is 0 Å². The Balaban J connectivity index is 2.01. The highest BCUT2D eigenvalue weighted by Crippen LogP contribution is 2.18. The summed E-state index contributed by atoms with van der Waals surface area (Å²) in [6.45, 7) is 5.71. The van der Waals surface area contributed by atoms with Crippen LogP contribution in [-0.2, 0) is 14.3 Å². The van der Waals surface area contributed by atoms with Crippen molar-refractivity contribution in [1.82, 2.24) is 10.2 Å². The normalized spacial score (nSPS) is 16.4. The summed E-state index contributed by atoms with van der Waals surface area (Å²) in [7, 11) is 0. The Morgan fingerprint density at radius 1 is 1.11 bits per heavy atom. The molecule has 1 aromatic carbocycles. The first-order chi connectivity index (χ1) is 13.6. The van der Waals surface area contributed by atoms with E-state index in [1.165, 1.54) is 4.90 Å². The third-order valence-corrected chi connectivity index (χ3v) is 4.54. The SMILES string of the molecule is CCCCCOc1ccc(C(=O)N2CCNC(=O)[C@@H]2CC(=O)OCCC)cc1. The van der Waals surface area contributed by atoms with Crippen LogP contribution in [0.5, 0.6) is 5.75 Å². The topological polar surface area (TPSA) is 84.9 Å². The second-order valence-electron chi connectivity index (χ2n) is 6.81. The molecule has 0 aromatic heterocycles. The smallest absolute Gasteiger partial charge is 0.308 e. The molecule has 0 bridgehead atoms. The standard InChI is InChI=1S/C21H30N2O5/c1-3-5-6-14-27-17-9-7-16(8-10-17)21(26)23-12-11-22-20(25)18(23)15-19(24)28-13-4-2/h7-10,18H,3-6,11-15H2,1-2H3,(H,22,25)/t18-/m0/s1. The van der Waals surface area contributed by atoms with Crippen molar-refractivity contribution < 1.29 is 23.9 Å². The molecule has 0 unspecified atom stereocenters. The number of benzene rings is 1. The lowest BCUT2D eigenvalue weighted by Gasteiger charge is -2.34. The molecule has 7 nitrogen and oxygen atoms in total. The Morgan fingerprint density at radius 2 is 1.86 bits per heavy atom. The number of hydrogen-bond acceptors (Lipinski definition) is 5. The first-order valence-corrected chi connectivity index (χ1v) is 10.0. The van der Waals surface area contributed by atoms with Gasteiger partial charge in [-0.3, -0.25) is 14.4 Å². The van der Waals surface area contributed by atoms with Gasteiger partial charge in [0.05, 0.1) is 19.6 Å². The largest absolute Gasteiger partial charge is 0.494 e. The fourth-order valence-corrected chi connectivity index (χ4v) is 3.00. The third-order valence-electron chi connectivity index (χ3n) is 4.54. The minimum Gasteiger partial charge on any atom is -0.494 e. The summed E-state index contributed by atoms with van der Waals surface area (Å²) < 4.78 is 10.7. The van der Waals surface area contributed by atoms with Gasteiger partial charge in [0, 0.05) is 18.7 Å². The Labute approximate surface area is 166 Å². The minimum atomic E-state index is -0.851. The molecule has 0 radical (unpaired) electrons. The molecule has 1 aliphatic heterocycles. The van der Waals surface area contributed by atoms with E-state index in [1.807, 2.05) is 6.92 Å². The Kier molecular flexibility index (Phi) is 8.78. The maximum Gasteiger partial charge on any atom is 0.308 e. The summed E-state index contributed by atoms with van der Waals surface area (Å²) >= 11 is 0. The fraction of sp³-hybridized carbons (Fsp3) is 0.571. The van der Waals surface area contributed by atoms with Crippen molar-refractivity contribution in [3.63, 3.8) is 0 Å². The summed E-state index contributed by atoms with van der Waals surface area (Å²) in [6.07, 6.45) is 3.81. The summed E-state index contributed by atoms with van der Waals surface area (Å²) in [6, 6.07) is 6.05. The first kappa shape index (κ1) is 21.7. The molecule has 154 valence electrons. The minimum absolute atomic E-state index is 0.143. The van der Waals surface area contributed by atoms with Crippen LogP contribution in [0, 0.1) is 0 Å². The van der Waals surface area contributed by atoms with E-state index in [1.54, 1.807) is 24.3 Å². The number of amides is 2. The van der Waals surface area contributed by atoms with Crippen LogP contribution < -0.4 is 10.1 Å². The van der Waals surface area contributed by atoms with E-state index in [2.05, 4.69) is 12.2 Å². The van der Waals surface area contributed by atoms with E-state index in [0.717, 1.165) is 19.3 Å². The van der Waals surface area contributed by atoms with Crippen molar-refractivity contribution >= 4 is 17.8 Å². The number of ether oxygens (including phenoxy) is 2. The van der Waals surface area contributed by atoms with E-state index in [4.69, 9.17) is 9.47 Å². The molecule has 1 aliphatic rings. The van der Waals surface area contributed by atoms with Crippen molar-refractivity contribution in [1.29, 1.82) is 0 Å². The van der Waals surface area contributed by atoms with Gasteiger partial charge in [0.25, 0.3) is 5.91 Å². The second-order valence-corrected chi connectivity index (χ2v) is 6.81. The summed E-state index contributed by atoms with van der Waals surface area (Å²) in [5, 5.41) is 2.71. The van der Waals surface area contributed by atoms with Gasteiger partial charge in [0.15, 0.2) is 0 Å². The van der Waals surface area contributed by atoms with Crippen LogP contribution in [0.15, 0.2) is 24.3 Å². The Hall–Kier alpha value is -2.57. The van der Waals surface area contributed by atoms with Crippen molar-refractivity contribution in [2.24, 2.45) is 0 Å². The molecule has 28 heavy (non-hydrogen) atoms. The van der Waals surface area contributed by atoms with Gasteiger partial charge in [-0.2, -0.15) is 0 Å². The summed E-state index contributed by atoms with van der Waals surface area (Å²) in [4.78, 5) is 38.6. The van der Waals surface area contributed by atoms with Gasteiger partial charge in [-0.25, -0.2) is 0 Å². The van der Waals surface area contributed by atoms with Crippen molar-refractivity contribution in [3.05, 3.63) is 29.8 Å². The van der Waals surface area contributed by atoms with Gasteiger partial charge in [0.1, 0.15) is 11.8 Å². The first-order valence-electron chi connectivity index (χ1n) is 10.0. The molecule has 1 fully saturated rings. The molecular weight excluding hydrogens is 360 g/mol. The van der Waals surface area contributed by atoms with E-state index in [0.29, 0.717) is 44.0 Å². The Bertz CT molecular complexity index is 659. The number of carbonyl (C=O) groups is 3. The van der Waals surface area contributed by atoms with Crippen molar-refractivity contribution in [3.8, 4) is 5.75 Å². The number of piperazine rings is 1. The van der Waals surface area contributed by atoms with Gasteiger partial charge >= 0.3 is 5.97 Å². The highest BCUT2D eigenvalue weighted by Gasteiger charge is 2.35. The average Bonchev–Trinajstić information content (AvgIpc) is 2.71. The van der Waals surface area contributed by atoms with Crippen LogP contribution >= 0.6 is 0 Å². The zero-order chi connectivity index (χ0) is 20.4. The van der Waals surface area contributed by atoms with E-state index in [-0.39, 0.29) is 18.2 Å². The van der Waals surface area contributed by atoms with Crippen LogP contribution in [0.3, 0.4) is 0 Å². The molecular formula is C21H30N2O5. The average molecular weight is 390 g/mol. The monoisotopic (exact) mass is 390 g/mol. The lowest BCUT2D eigenvalue weighted by atomic mass is 10.1.